The minimum absolute atomic E-state index is 0.0440. The average molecular weight is 171 g/mol. The van der Waals surface area contributed by atoms with E-state index in [1.807, 2.05) is 6.92 Å². The molecule has 3 heteroatoms. The Morgan fingerprint density at radius 3 is 2.42 bits per heavy atom. The van der Waals surface area contributed by atoms with Crippen molar-refractivity contribution in [3.05, 3.63) is 29.6 Å². The van der Waals surface area contributed by atoms with Crippen molar-refractivity contribution in [1.29, 1.82) is 0 Å². The van der Waals surface area contributed by atoms with Crippen LogP contribution in [0.2, 0.25) is 0 Å². The molecular weight excluding hydrogens is 157 g/mol. The molecule has 0 amide bonds. The van der Waals surface area contributed by atoms with Crippen molar-refractivity contribution in [3.8, 4) is 5.75 Å². The topological polar surface area (TPSA) is 46.2 Å². The van der Waals surface area contributed by atoms with Crippen molar-refractivity contribution in [2.75, 3.05) is 7.05 Å². The molecular formula is C9H14FNO. The Balaban J connectivity index is 0.000000561. The Morgan fingerprint density at radius 1 is 1.42 bits per heavy atom. The molecule has 0 fully saturated rings. The van der Waals surface area contributed by atoms with Gasteiger partial charge in [0.25, 0.3) is 0 Å². The second kappa shape index (κ2) is 5.55. The lowest BCUT2D eigenvalue weighted by atomic mass is 10.1. The number of aryl methyl sites for hydroxylation is 1. The zero-order valence-corrected chi connectivity index (χ0v) is 7.34. The molecule has 0 bridgehead atoms. The number of rotatable bonds is 1. The van der Waals surface area contributed by atoms with Crippen LogP contribution in [0.5, 0.6) is 5.75 Å². The molecule has 2 nitrogen and oxygen atoms in total. The van der Waals surface area contributed by atoms with Gasteiger partial charge in [0.1, 0.15) is 11.6 Å². The predicted octanol–water partition coefficient (Wildman–Crippen LogP) is 1.67. The fourth-order valence-electron chi connectivity index (χ4n) is 0.836. The van der Waals surface area contributed by atoms with Crippen LogP contribution in [-0.4, -0.2) is 12.2 Å². The van der Waals surface area contributed by atoms with Crippen LogP contribution in [0.15, 0.2) is 18.2 Å². The summed E-state index contributed by atoms with van der Waals surface area (Å²) >= 11 is 0. The summed E-state index contributed by atoms with van der Waals surface area (Å²) in [6, 6.07) is 4.06. The average Bonchev–Trinajstić information content (AvgIpc) is 2.08. The van der Waals surface area contributed by atoms with Gasteiger partial charge in [-0.2, -0.15) is 0 Å². The van der Waals surface area contributed by atoms with E-state index in [4.69, 9.17) is 5.11 Å². The molecule has 0 saturated carbocycles. The van der Waals surface area contributed by atoms with Gasteiger partial charge in [-0.15, -0.1) is 0 Å². The first-order valence-corrected chi connectivity index (χ1v) is 3.79. The van der Waals surface area contributed by atoms with E-state index < -0.39 is 5.82 Å². The molecule has 0 aromatic heterocycles. The number of halogens is 1. The Hall–Kier alpha value is -1.09. The number of nitrogens with two attached hydrogens (primary N) is 1. The van der Waals surface area contributed by atoms with Gasteiger partial charge in [0.2, 0.25) is 0 Å². The highest BCUT2D eigenvalue weighted by Gasteiger charge is 1.98. The number of benzene rings is 1. The Bertz CT molecular complexity index is 238. The molecule has 0 heterocycles. The summed E-state index contributed by atoms with van der Waals surface area (Å²) in [5, 5.41) is 9.05. The highest BCUT2D eigenvalue weighted by atomic mass is 19.1. The van der Waals surface area contributed by atoms with Crippen molar-refractivity contribution >= 4 is 0 Å². The van der Waals surface area contributed by atoms with Crippen LogP contribution < -0.4 is 5.73 Å². The fraction of sp³-hybridized carbons (Fsp3) is 0.333. The SMILES string of the molecule is CCc1ccc(F)cc1O.CN. The summed E-state index contributed by atoms with van der Waals surface area (Å²) in [5.41, 5.74) is 5.28. The van der Waals surface area contributed by atoms with Crippen molar-refractivity contribution < 1.29 is 9.50 Å². The Labute approximate surface area is 71.8 Å². The molecule has 12 heavy (non-hydrogen) atoms. The second-order valence-corrected chi connectivity index (χ2v) is 2.13. The summed E-state index contributed by atoms with van der Waals surface area (Å²) < 4.78 is 12.3. The third-order valence-electron chi connectivity index (χ3n) is 1.43. The summed E-state index contributed by atoms with van der Waals surface area (Å²) in [4.78, 5) is 0. The molecule has 68 valence electrons. The van der Waals surface area contributed by atoms with Gasteiger partial charge in [-0.1, -0.05) is 13.0 Å². The highest BCUT2D eigenvalue weighted by molar-refractivity contribution is 5.32. The molecule has 1 aromatic carbocycles. The third-order valence-corrected chi connectivity index (χ3v) is 1.43. The minimum Gasteiger partial charge on any atom is -0.508 e. The van der Waals surface area contributed by atoms with E-state index in [-0.39, 0.29) is 5.75 Å². The maximum atomic E-state index is 12.3. The van der Waals surface area contributed by atoms with Crippen molar-refractivity contribution in [1.82, 2.24) is 0 Å². The van der Waals surface area contributed by atoms with Crippen LogP contribution in [0, 0.1) is 5.82 Å². The molecule has 1 aromatic rings. The standard InChI is InChI=1S/C8H9FO.CH5N/c1-2-6-3-4-7(9)5-8(6)10;1-2/h3-5,10H,2H2,1H3;2H2,1H3. The molecule has 0 aliphatic rings. The lowest BCUT2D eigenvalue weighted by Gasteiger charge is -1.98. The first-order valence-electron chi connectivity index (χ1n) is 3.79. The zero-order chi connectivity index (χ0) is 9.56. The first-order chi connectivity index (χ1) is 5.74. The summed E-state index contributed by atoms with van der Waals surface area (Å²) in [6.07, 6.45) is 0.728. The molecule has 0 saturated heterocycles. The number of aromatic hydroxyl groups is 1. The normalized spacial score (nSPS) is 8.67. The third kappa shape index (κ3) is 2.88. The number of phenols is 1. The van der Waals surface area contributed by atoms with Gasteiger partial charge in [0.05, 0.1) is 0 Å². The van der Waals surface area contributed by atoms with E-state index in [0.29, 0.717) is 0 Å². The molecule has 0 spiro atoms. The van der Waals surface area contributed by atoms with E-state index in [2.05, 4.69) is 5.73 Å². The van der Waals surface area contributed by atoms with Crippen molar-refractivity contribution in [2.24, 2.45) is 5.73 Å². The Kier molecular flexibility index (Phi) is 5.04. The van der Waals surface area contributed by atoms with Gasteiger partial charge in [0.15, 0.2) is 0 Å². The van der Waals surface area contributed by atoms with E-state index in [1.54, 1.807) is 6.07 Å². The van der Waals surface area contributed by atoms with Gasteiger partial charge in [-0.3, -0.25) is 0 Å². The molecule has 0 aliphatic carbocycles. The highest BCUT2D eigenvalue weighted by Crippen LogP contribution is 2.17. The fourth-order valence-corrected chi connectivity index (χ4v) is 0.836. The number of hydrogen-bond donors (Lipinski definition) is 2. The van der Waals surface area contributed by atoms with Crippen LogP contribution in [-0.2, 0) is 6.42 Å². The molecule has 0 aliphatic heterocycles. The van der Waals surface area contributed by atoms with Crippen LogP contribution in [0.1, 0.15) is 12.5 Å². The lowest BCUT2D eigenvalue weighted by molar-refractivity contribution is 0.462. The monoisotopic (exact) mass is 171 g/mol. The van der Waals surface area contributed by atoms with E-state index in [0.717, 1.165) is 18.1 Å². The molecule has 0 unspecified atom stereocenters. The lowest BCUT2D eigenvalue weighted by Crippen LogP contribution is -1.81. The van der Waals surface area contributed by atoms with Crippen LogP contribution in [0.3, 0.4) is 0 Å². The van der Waals surface area contributed by atoms with E-state index in [9.17, 15) is 4.39 Å². The van der Waals surface area contributed by atoms with E-state index in [1.165, 1.54) is 13.1 Å². The summed E-state index contributed by atoms with van der Waals surface area (Å²) in [5.74, 6) is -0.350. The van der Waals surface area contributed by atoms with Gasteiger partial charge in [0, 0.05) is 6.07 Å². The molecule has 0 atom stereocenters. The molecule has 0 radical (unpaired) electrons. The molecule has 1 rings (SSSR count). The maximum absolute atomic E-state index is 12.3. The van der Waals surface area contributed by atoms with Crippen LogP contribution >= 0.6 is 0 Å². The van der Waals surface area contributed by atoms with Crippen molar-refractivity contribution in [3.63, 3.8) is 0 Å². The van der Waals surface area contributed by atoms with Crippen LogP contribution in [0.4, 0.5) is 4.39 Å². The smallest absolute Gasteiger partial charge is 0.126 e. The second-order valence-electron chi connectivity index (χ2n) is 2.13. The number of phenolic OH excluding ortho intramolecular Hbond substituents is 1. The summed E-state index contributed by atoms with van der Waals surface area (Å²) in [6.45, 7) is 1.91. The van der Waals surface area contributed by atoms with Gasteiger partial charge >= 0.3 is 0 Å². The minimum atomic E-state index is -0.394. The summed E-state index contributed by atoms with van der Waals surface area (Å²) in [7, 11) is 1.50. The van der Waals surface area contributed by atoms with Gasteiger partial charge in [-0.05, 0) is 25.1 Å². The number of hydrogen-bond acceptors (Lipinski definition) is 2. The van der Waals surface area contributed by atoms with Crippen molar-refractivity contribution in [2.45, 2.75) is 13.3 Å². The predicted molar refractivity (Wildman–Crippen MR) is 47.6 cm³/mol. The largest absolute Gasteiger partial charge is 0.508 e. The first kappa shape index (κ1) is 10.9. The quantitative estimate of drug-likeness (QED) is 0.675. The Morgan fingerprint density at radius 2 is 2.00 bits per heavy atom. The maximum Gasteiger partial charge on any atom is 0.126 e. The van der Waals surface area contributed by atoms with Gasteiger partial charge < -0.3 is 10.8 Å². The zero-order valence-electron chi connectivity index (χ0n) is 7.34. The van der Waals surface area contributed by atoms with Gasteiger partial charge in [-0.25, -0.2) is 4.39 Å². The molecule has 3 N–H and O–H groups in total. The van der Waals surface area contributed by atoms with E-state index >= 15 is 0 Å². The van der Waals surface area contributed by atoms with Crippen LogP contribution in [0.25, 0.3) is 0 Å².